The number of benzene rings is 1. The molecule has 0 aliphatic carbocycles. The second-order valence-electron chi connectivity index (χ2n) is 5.65. The van der Waals surface area contributed by atoms with Crippen LogP contribution in [-0.4, -0.2) is 56.9 Å². The van der Waals surface area contributed by atoms with Gasteiger partial charge < -0.3 is 9.80 Å². The van der Waals surface area contributed by atoms with Crippen LogP contribution in [0.15, 0.2) is 40.7 Å². The normalized spacial score (nSPS) is 14.9. The molecule has 0 bridgehead atoms. The van der Waals surface area contributed by atoms with Crippen LogP contribution in [0.4, 0.5) is 5.13 Å². The van der Waals surface area contributed by atoms with E-state index in [0.717, 1.165) is 5.13 Å². The lowest BCUT2D eigenvalue weighted by molar-refractivity contribution is 0.0746. The van der Waals surface area contributed by atoms with Gasteiger partial charge in [0.2, 0.25) is 10.0 Å². The third kappa shape index (κ3) is 4.04. The molecule has 0 saturated carbocycles. The lowest BCUT2D eigenvalue weighted by Crippen LogP contribution is -2.48. The van der Waals surface area contributed by atoms with E-state index >= 15 is 0 Å². The number of carbonyl (C=O) groups excluding carboxylic acids is 1. The molecular weight excluding hydrogens is 372 g/mol. The summed E-state index contributed by atoms with van der Waals surface area (Å²) in [6, 6.07) is 6.00. The van der Waals surface area contributed by atoms with E-state index in [-0.39, 0.29) is 17.3 Å². The van der Waals surface area contributed by atoms with E-state index < -0.39 is 10.0 Å². The Kier molecular flexibility index (Phi) is 5.56. The molecule has 1 fully saturated rings. The first-order valence-corrected chi connectivity index (χ1v) is 10.3. The summed E-state index contributed by atoms with van der Waals surface area (Å²) >= 11 is 1.57. The van der Waals surface area contributed by atoms with Crippen LogP contribution in [-0.2, 0) is 10.0 Å². The molecule has 0 radical (unpaired) electrons. The summed E-state index contributed by atoms with van der Waals surface area (Å²) in [4.78, 5) is 20.9. The fourth-order valence-electron chi connectivity index (χ4n) is 2.67. The number of sulfonamides is 1. The number of aromatic nitrogens is 1. The zero-order valence-corrected chi connectivity index (χ0v) is 15.6. The summed E-state index contributed by atoms with van der Waals surface area (Å²) in [6.45, 7) is 2.41. The Labute approximate surface area is 156 Å². The molecule has 1 aromatic carbocycles. The maximum atomic E-state index is 12.7. The zero-order valence-electron chi connectivity index (χ0n) is 14.0. The van der Waals surface area contributed by atoms with Gasteiger partial charge in [-0.3, -0.25) is 4.79 Å². The molecule has 1 amide bonds. The average molecular weight is 390 g/mol. The number of terminal acetylenes is 1. The molecule has 7 nitrogen and oxygen atoms in total. The third-order valence-corrected chi connectivity index (χ3v) is 6.24. The highest BCUT2D eigenvalue weighted by atomic mass is 32.2. The van der Waals surface area contributed by atoms with Crippen molar-refractivity contribution in [1.29, 1.82) is 0 Å². The Morgan fingerprint density at radius 2 is 2.08 bits per heavy atom. The average Bonchev–Trinajstić information content (AvgIpc) is 3.21. The maximum Gasteiger partial charge on any atom is 0.254 e. The first-order chi connectivity index (χ1) is 12.5. The van der Waals surface area contributed by atoms with Crippen molar-refractivity contribution < 1.29 is 13.2 Å². The number of carbonyl (C=O) groups is 1. The molecule has 1 aliphatic rings. The lowest BCUT2D eigenvalue weighted by atomic mass is 10.2. The highest BCUT2D eigenvalue weighted by Crippen LogP contribution is 2.20. The molecule has 2 aromatic rings. The number of hydrogen-bond acceptors (Lipinski definition) is 6. The third-order valence-electron chi connectivity index (χ3n) is 4.01. The van der Waals surface area contributed by atoms with Crippen LogP contribution in [0.2, 0.25) is 0 Å². The van der Waals surface area contributed by atoms with Crippen LogP contribution in [0, 0.1) is 12.3 Å². The van der Waals surface area contributed by atoms with Crippen molar-refractivity contribution in [3.8, 4) is 12.3 Å². The number of nitrogens with one attached hydrogen (secondary N) is 1. The van der Waals surface area contributed by atoms with Crippen LogP contribution in [0.1, 0.15) is 10.4 Å². The van der Waals surface area contributed by atoms with Crippen molar-refractivity contribution >= 4 is 32.4 Å². The molecule has 3 rings (SSSR count). The van der Waals surface area contributed by atoms with E-state index in [1.807, 2.05) is 5.38 Å². The largest absolute Gasteiger partial charge is 0.345 e. The molecule has 9 heteroatoms. The van der Waals surface area contributed by atoms with E-state index in [0.29, 0.717) is 31.7 Å². The van der Waals surface area contributed by atoms with Crippen LogP contribution in [0.3, 0.4) is 0 Å². The minimum absolute atomic E-state index is 0.0278. The monoisotopic (exact) mass is 390 g/mol. The first-order valence-electron chi connectivity index (χ1n) is 7.98. The molecule has 1 aliphatic heterocycles. The predicted octanol–water partition coefficient (Wildman–Crippen LogP) is 1.02. The number of nitrogens with zero attached hydrogens (tertiary/aromatic N) is 3. The molecule has 1 saturated heterocycles. The second kappa shape index (κ2) is 7.86. The van der Waals surface area contributed by atoms with Crippen molar-refractivity contribution in [2.75, 3.05) is 37.6 Å². The van der Waals surface area contributed by atoms with E-state index in [9.17, 15) is 13.2 Å². The molecule has 136 valence electrons. The van der Waals surface area contributed by atoms with E-state index in [1.165, 1.54) is 12.1 Å². The van der Waals surface area contributed by atoms with E-state index in [2.05, 4.69) is 20.5 Å². The van der Waals surface area contributed by atoms with Gasteiger partial charge in [0.1, 0.15) is 0 Å². The van der Waals surface area contributed by atoms with Gasteiger partial charge in [0.25, 0.3) is 5.91 Å². The van der Waals surface area contributed by atoms with Gasteiger partial charge in [-0.25, -0.2) is 13.4 Å². The summed E-state index contributed by atoms with van der Waals surface area (Å²) in [5, 5.41) is 2.87. The predicted molar refractivity (Wildman–Crippen MR) is 101 cm³/mol. The summed E-state index contributed by atoms with van der Waals surface area (Å²) in [5.74, 6) is 2.04. The molecule has 1 N–H and O–H groups in total. The fourth-order valence-corrected chi connectivity index (χ4v) is 4.35. The van der Waals surface area contributed by atoms with Gasteiger partial charge in [-0.2, -0.15) is 4.72 Å². The Hall–Kier alpha value is -2.41. The Morgan fingerprint density at radius 1 is 1.31 bits per heavy atom. The van der Waals surface area contributed by atoms with Crippen molar-refractivity contribution in [1.82, 2.24) is 14.6 Å². The van der Waals surface area contributed by atoms with Crippen molar-refractivity contribution in [3.63, 3.8) is 0 Å². The van der Waals surface area contributed by atoms with Gasteiger partial charge in [-0.05, 0) is 18.2 Å². The van der Waals surface area contributed by atoms with E-state index in [1.54, 1.807) is 34.6 Å². The summed E-state index contributed by atoms with van der Waals surface area (Å²) in [6.07, 6.45) is 6.85. The van der Waals surface area contributed by atoms with E-state index in [4.69, 9.17) is 6.42 Å². The van der Waals surface area contributed by atoms with Crippen molar-refractivity contribution in [2.24, 2.45) is 0 Å². The van der Waals surface area contributed by atoms with Gasteiger partial charge in [-0.1, -0.05) is 12.0 Å². The minimum Gasteiger partial charge on any atom is -0.345 e. The molecular formula is C17H18N4O3S2. The number of rotatable bonds is 5. The standard InChI is InChI=1S/C17H18N4O3S2/c1-2-6-19-26(23,24)15-5-3-4-14(13-15)16(22)20-8-10-21(11-9-20)17-18-7-12-25-17/h1,3-5,7,12-13,19H,6,8-11H2. The molecule has 0 atom stereocenters. The van der Waals surface area contributed by atoms with Gasteiger partial charge in [0, 0.05) is 43.3 Å². The van der Waals surface area contributed by atoms with Crippen LogP contribution in [0.5, 0.6) is 0 Å². The van der Waals surface area contributed by atoms with Gasteiger partial charge >= 0.3 is 0 Å². The number of thiazole rings is 1. The quantitative estimate of drug-likeness (QED) is 0.771. The van der Waals surface area contributed by atoms with Crippen LogP contribution >= 0.6 is 11.3 Å². The molecule has 1 aromatic heterocycles. The number of anilines is 1. The maximum absolute atomic E-state index is 12.7. The van der Waals surface area contributed by atoms with Gasteiger partial charge in [0.05, 0.1) is 11.4 Å². The van der Waals surface area contributed by atoms with Gasteiger partial charge in [-0.15, -0.1) is 17.8 Å². The Balaban J connectivity index is 1.69. The summed E-state index contributed by atoms with van der Waals surface area (Å²) in [5.41, 5.74) is 0.344. The zero-order chi connectivity index (χ0) is 18.6. The summed E-state index contributed by atoms with van der Waals surface area (Å²) in [7, 11) is -3.73. The lowest BCUT2D eigenvalue weighted by Gasteiger charge is -2.34. The molecule has 2 heterocycles. The molecule has 26 heavy (non-hydrogen) atoms. The number of piperazine rings is 1. The minimum atomic E-state index is -3.73. The SMILES string of the molecule is C#CCNS(=O)(=O)c1cccc(C(=O)N2CCN(c3nccs3)CC2)c1. The second-order valence-corrected chi connectivity index (χ2v) is 8.29. The summed E-state index contributed by atoms with van der Waals surface area (Å²) < 4.78 is 26.6. The Morgan fingerprint density at radius 3 is 2.73 bits per heavy atom. The number of amides is 1. The van der Waals surface area contributed by atoms with Crippen LogP contribution in [0.25, 0.3) is 0 Å². The topological polar surface area (TPSA) is 82.6 Å². The van der Waals surface area contributed by atoms with Crippen LogP contribution < -0.4 is 9.62 Å². The Bertz CT molecular complexity index is 912. The fraction of sp³-hybridized carbons (Fsp3) is 0.294. The molecule has 0 spiro atoms. The highest BCUT2D eigenvalue weighted by molar-refractivity contribution is 7.89. The first kappa shape index (κ1) is 18.4. The highest BCUT2D eigenvalue weighted by Gasteiger charge is 2.24. The van der Waals surface area contributed by atoms with Crippen molar-refractivity contribution in [3.05, 3.63) is 41.4 Å². The molecule has 0 unspecified atom stereocenters. The van der Waals surface area contributed by atoms with Gasteiger partial charge in [0.15, 0.2) is 5.13 Å². The number of hydrogen-bond donors (Lipinski definition) is 1. The van der Waals surface area contributed by atoms with Crippen molar-refractivity contribution in [2.45, 2.75) is 4.90 Å². The smallest absolute Gasteiger partial charge is 0.254 e.